The lowest BCUT2D eigenvalue weighted by molar-refractivity contribution is -0.152. The Bertz CT molecular complexity index is 1190. The van der Waals surface area contributed by atoms with Gasteiger partial charge in [0.15, 0.2) is 11.9 Å². The van der Waals surface area contributed by atoms with Crippen molar-refractivity contribution in [3.8, 4) is 0 Å². The molecule has 0 aliphatic heterocycles. The van der Waals surface area contributed by atoms with Crippen LogP contribution in [-0.4, -0.2) is 77.2 Å². The van der Waals surface area contributed by atoms with Crippen molar-refractivity contribution in [2.24, 2.45) is 11.3 Å². The fraction of sp³-hybridized carbons (Fsp3) is 0.633. The van der Waals surface area contributed by atoms with Gasteiger partial charge in [-0.15, -0.1) is 0 Å². The quantitative estimate of drug-likeness (QED) is 0.262. The molecule has 0 saturated heterocycles. The van der Waals surface area contributed by atoms with Gasteiger partial charge in [0.25, 0.3) is 0 Å². The summed E-state index contributed by atoms with van der Waals surface area (Å²) in [7, 11) is 0. The number of aliphatic hydroxyl groups excluding tert-OH is 2. The molecule has 12 heteroatoms. The average Bonchev–Trinajstić information content (AvgIpc) is 2.83. The van der Waals surface area contributed by atoms with E-state index < -0.39 is 71.7 Å². The molecule has 2 bridgehead atoms. The molecule has 0 fully saturated rings. The van der Waals surface area contributed by atoms with E-state index in [0.717, 1.165) is 13.8 Å². The predicted molar refractivity (Wildman–Crippen MR) is 147 cm³/mol. The highest BCUT2D eigenvalue weighted by molar-refractivity contribution is 5.70. The monoisotopic (exact) mass is 594 g/mol. The molecule has 0 heterocycles. The summed E-state index contributed by atoms with van der Waals surface area (Å²) in [6, 6.07) is 0. The summed E-state index contributed by atoms with van der Waals surface area (Å²) in [5, 5.41) is 22.9. The van der Waals surface area contributed by atoms with E-state index in [9.17, 15) is 34.2 Å². The first-order chi connectivity index (χ1) is 19.4. The Balaban J connectivity index is 3.05. The maximum atomic E-state index is 12.5. The molecule has 0 unspecified atom stereocenters. The normalized spacial score (nSPS) is 30.9. The summed E-state index contributed by atoms with van der Waals surface area (Å²) in [5.41, 5.74) is 0.234. The zero-order valence-corrected chi connectivity index (χ0v) is 25.6. The van der Waals surface area contributed by atoms with E-state index >= 15 is 0 Å². The minimum Gasteiger partial charge on any atom is -0.461 e. The molecule has 0 aromatic carbocycles. The number of hydrogen-bond acceptors (Lipinski definition) is 12. The van der Waals surface area contributed by atoms with Gasteiger partial charge in [0.1, 0.15) is 18.8 Å². The topological polar surface area (TPSA) is 172 Å². The number of ether oxygens (including phenoxy) is 5. The number of carbonyl (C=O) groups excluding carboxylic acids is 5. The first kappa shape index (κ1) is 34.7. The van der Waals surface area contributed by atoms with E-state index in [1.165, 1.54) is 33.8 Å². The second-order valence-electron chi connectivity index (χ2n) is 11.3. The molecule has 6 atom stereocenters. The van der Waals surface area contributed by atoms with Crippen molar-refractivity contribution in [2.75, 3.05) is 6.61 Å². The van der Waals surface area contributed by atoms with Gasteiger partial charge in [-0.25, -0.2) is 0 Å². The number of esters is 5. The van der Waals surface area contributed by atoms with Gasteiger partial charge in [-0.3, -0.25) is 24.0 Å². The summed E-state index contributed by atoms with van der Waals surface area (Å²) in [5.74, 6) is -4.24. The number of rotatable bonds is 6. The molecule has 0 aromatic heterocycles. The lowest BCUT2D eigenvalue weighted by Gasteiger charge is -2.48. The average molecular weight is 595 g/mol. The van der Waals surface area contributed by atoms with E-state index in [-0.39, 0.29) is 36.4 Å². The van der Waals surface area contributed by atoms with Crippen LogP contribution in [0.25, 0.3) is 0 Å². The standard InChI is InChI=1S/C30H42O12/c1-14-25(39-17(4)32)11-22-24(37)10-21(13-38-16(3)31)23(36)12-26(40-18(5)33)15(2)28(41-19(6)34)29(42-20(7)35)27(14)30(22,8)9/h10,22-26,29,36-37H,11-13H2,1-9H3/b21-10+,28-15-/t22-,23-,24-,25-,26-,29+/m0/s1. The van der Waals surface area contributed by atoms with Crippen LogP contribution in [0.2, 0.25) is 0 Å². The van der Waals surface area contributed by atoms with Crippen molar-refractivity contribution in [1.82, 2.24) is 0 Å². The molecule has 2 aliphatic rings. The van der Waals surface area contributed by atoms with Crippen LogP contribution in [0.4, 0.5) is 0 Å². The highest BCUT2D eigenvalue weighted by Crippen LogP contribution is 2.51. The summed E-state index contributed by atoms with van der Waals surface area (Å²) in [6.07, 6.45) is -4.82. The predicted octanol–water partition coefficient (Wildman–Crippen LogP) is 2.60. The van der Waals surface area contributed by atoms with Crippen molar-refractivity contribution in [1.29, 1.82) is 0 Å². The molecule has 2 N–H and O–H groups in total. The molecule has 42 heavy (non-hydrogen) atoms. The Hall–Kier alpha value is -3.51. The Labute approximate surface area is 245 Å². The second kappa shape index (κ2) is 14.1. The van der Waals surface area contributed by atoms with Crippen LogP contribution >= 0.6 is 0 Å². The smallest absolute Gasteiger partial charge is 0.307 e. The third-order valence-electron chi connectivity index (χ3n) is 7.63. The zero-order chi connectivity index (χ0) is 32.1. The van der Waals surface area contributed by atoms with Gasteiger partial charge >= 0.3 is 29.8 Å². The van der Waals surface area contributed by atoms with Crippen LogP contribution in [0, 0.1) is 11.3 Å². The van der Waals surface area contributed by atoms with E-state index in [0.29, 0.717) is 11.1 Å². The number of aliphatic hydroxyl groups is 2. The Morgan fingerprint density at radius 1 is 0.786 bits per heavy atom. The van der Waals surface area contributed by atoms with Crippen molar-refractivity contribution in [2.45, 2.75) is 106 Å². The lowest BCUT2D eigenvalue weighted by Crippen LogP contribution is -2.48. The van der Waals surface area contributed by atoms with E-state index in [4.69, 9.17) is 23.7 Å². The van der Waals surface area contributed by atoms with Crippen molar-refractivity contribution < 1.29 is 57.9 Å². The van der Waals surface area contributed by atoms with E-state index in [1.54, 1.807) is 20.8 Å². The second-order valence-corrected chi connectivity index (χ2v) is 11.3. The molecule has 0 radical (unpaired) electrons. The molecule has 0 spiro atoms. The summed E-state index contributed by atoms with van der Waals surface area (Å²) in [4.78, 5) is 60.8. The molecule has 12 nitrogen and oxygen atoms in total. The number of hydrogen-bond donors (Lipinski definition) is 2. The van der Waals surface area contributed by atoms with E-state index in [1.807, 2.05) is 0 Å². The fourth-order valence-electron chi connectivity index (χ4n) is 5.74. The fourth-order valence-corrected chi connectivity index (χ4v) is 5.74. The van der Waals surface area contributed by atoms with Crippen LogP contribution in [-0.2, 0) is 47.7 Å². The summed E-state index contributed by atoms with van der Waals surface area (Å²) in [6.45, 7) is 12.4. The van der Waals surface area contributed by atoms with Gasteiger partial charge in [0, 0.05) is 52.5 Å². The maximum absolute atomic E-state index is 12.5. The van der Waals surface area contributed by atoms with Gasteiger partial charge in [0.2, 0.25) is 0 Å². The molecular weight excluding hydrogens is 552 g/mol. The minimum absolute atomic E-state index is 0.140. The highest BCUT2D eigenvalue weighted by Gasteiger charge is 2.50. The first-order valence-corrected chi connectivity index (χ1v) is 13.7. The first-order valence-electron chi connectivity index (χ1n) is 13.7. The zero-order valence-electron chi connectivity index (χ0n) is 25.6. The third-order valence-corrected chi connectivity index (χ3v) is 7.63. The number of carbonyl (C=O) groups is 5. The van der Waals surface area contributed by atoms with Crippen LogP contribution in [0.1, 0.15) is 75.2 Å². The Morgan fingerprint density at radius 2 is 1.31 bits per heavy atom. The van der Waals surface area contributed by atoms with Gasteiger partial charge < -0.3 is 33.9 Å². The largest absolute Gasteiger partial charge is 0.461 e. The van der Waals surface area contributed by atoms with E-state index in [2.05, 4.69) is 0 Å². The highest BCUT2D eigenvalue weighted by atomic mass is 16.6. The molecule has 234 valence electrons. The SMILES string of the molecule is CC(=O)OC/C1=C\[C@H](O)[C@@H]2C[C@H](OC(C)=O)C(C)=C([C@@H](OC(C)=O)/C(OC(C)=O)=C(\C)[C@@H](OC(C)=O)C[C@@H]1O)C2(C)C. The molecular formula is C30H42O12. The Morgan fingerprint density at radius 3 is 1.79 bits per heavy atom. The van der Waals surface area contributed by atoms with Gasteiger partial charge in [-0.2, -0.15) is 0 Å². The molecule has 2 rings (SSSR count). The third kappa shape index (κ3) is 8.51. The van der Waals surface area contributed by atoms with Crippen LogP contribution in [0.3, 0.4) is 0 Å². The van der Waals surface area contributed by atoms with Crippen LogP contribution in [0.5, 0.6) is 0 Å². The lowest BCUT2D eigenvalue weighted by atomic mass is 9.60. The van der Waals surface area contributed by atoms with Crippen molar-refractivity contribution in [3.63, 3.8) is 0 Å². The van der Waals surface area contributed by atoms with Crippen LogP contribution < -0.4 is 0 Å². The maximum Gasteiger partial charge on any atom is 0.307 e. The summed E-state index contributed by atoms with van der Waals surface area (Å²) < 4.78 is 27.7. The van der Waals surface area contributed by atoms with Crippen molar-refractivity contribution >= 4 is 29.8 Å². The van der Waals surface area contributed by atoms with Gasteiger partial charge in [-0.1, -0.05) is 19.9 Å². The molecule has 0 amide bonds. The van der Waals surface area contributed by atoms with Crippen LogP contribution in [0.15, 0.2) is 34.1 Å². The summed E-state index contributed by atoms with van der Waals surface area (Å²) >= 11 is 0. The number of fused-ring (bicyclic) bond motifs is 2. The van der Waals surface area contributed by atoms with Crippen molar-refractivity contribution in [3.05, 3.63) is 34.1 Å². The molecule has 2 aliphatic carbocycles. The molecule has 0 saturated carbocycles. The van der Waals surface area contributed by atoms with Gasteiger partial charge in [0.05, 0.1) is 12.2 Å². The molecule has 0 aromatic rings. The minimum atomic E-state index is -1.39. The Kier molecular flexibility index (Phi) is 11.7. The van der Waals surface area contributed by atoms with Gasteiger partial charge in [-0.05, 0) is 42.4 Å².